The third-order valence-electron chi connectivity index (χ3n) is 6.09. The predicted octanol–water partition coefficient (Wildman–Crippen LogP) is 4.53. The van der Waals surface area contributed by atoms with Crippen LogP contribution >= 0.6 is 11.3 Å². The zero-order valence-corrected chi connectivity index (χ0v) is 20.9. The van der Waals surface area contributed by atoms with Crippen molar-refractivity contribution in [2.45, 2.75) is 49.8 Å². The highest BCUT2D eigenvalue weighted by Crippen LogP contribution is 2.31. The van der Waals surface area contributed by atoms with E-state index in [4.69, 9.17) is 0 Å². The van der Waals surface area contributed by atoms with Gasteiger partial charge in [0.2, 0.25) is 0 Å². The van der Waals surface area contributed by atoms with E-state index in [9.17, 15) is 16.8 Å². The topological polar surface area (TPSA) is 83.6 Å². The molecule has 4 rings (SSSR count). The van der Waals surface area contributed by atoms with Gasteiger partial charge >= 0.3 is 0 Å². The van der Waals surface area contributed by atoms with Crippen molar-refractivity contribution in [2.75, 3.05) is 11.3 Å². The van der Waals surface area contributed by atoms with Gasteiger partial charge < -0.3 is 0 Å². The Labute approximate surface area is 194 Å². The Morgan fingerprint density at radius 2 is 1.59 bits per heavy atom. The molecule has 6 nitrogen and oxygen atoms in total. The van der Waals surface area contributed by atoms with E-state index in [-0.39, 0.29) is 6.54 Å². The van der Waals surface area contributed by atoms with Crippen molar-refractivity contribution in [1.82, 2.24) is 4.31 Å². The van der Waals surface area contributed by atoms with Crippen molar-refractivity contribution in [3.8, 4) is 0 Å². The van der Waals surface area contributed by atoms with Crippen molar-refractivity contribution < 1.29 is 16.8 Å². The van der Waals surface area contributed by atoms with Gasteiger partial charge in [0.1, 0.15) is 4.21 Å². The fourth-order valence-electron chi connectivity index (χ4n) is 4.13. The van der Waals surface area contributed by atoms with Gasteiger partial charge in [0.05, 0.1) is 4.90 Å². The highest BCUT2D eigenvalue weighted by atomic mass is 32.2. The van der Waals surface area contributed by atoms with Gasteiger partial charge in [-0.3, -0.25) is 4.72 Å². The highest BCUT2D eigenvalue weighted by Gasteiger charge is 2.29. The number of hydrogen-bond donors (Lipinski definition) is 1. The quantitative estimate of drug-likeness (QED) is 0.570. The van der Waals surface area contributed by atoms with Gasteiger partial charge in [-0.15, -0.1) is 11.3 Å². The molecule has 0 aliphatic carbocycles. The molecule has 1 aliphatic heterocycles. The van der Waals surface area contributed by atoms with E-state index in [0.717, 1.165) is 33.4 Å². The van der Waals surface area contributed by atoms with E-state index >= 15 is 0 Å². The van der Waals surface area contributed by atoms with E-state index in [0.29, 0.717) is 27.8 Å². The molecule has 3 aromatic rings. The molecule has 0 saturated heterocycles. The SMILES string of the molecule is Cc1cc(C)c(C)c(S(=O)(=O)Nc2ccc3c(c2)CN(S(=O)(=O)c2cccs2)CC3)c1C. The van der Waals surface area contributed by atoms with Gasteiger partial charge in [0.15, 0.2) is 0 Å². The number of thiophene rings is 1. The zero-order valence-electron chi connectivity index (χ0n) is 18.5. The Bertz CT molecular complexity index is 1370. The average molecular weight is 491 g/mol. The van der Waals surface area contributed by atoms with Crippen molar-refractivity contribution in [3.05, 3.63) is 75.2 Å². The molecular weight excluding hydrogens is 464 g/mol. The lowest BCUT2D eigenvalue weighted by atomic mass is 10.0. The molecule has 0 atom stereocenters. The molecule has 9 heteroatoms. The van der Waals surface area contributed by atoms with Crippen molar-refractivity contribution >= 4 is 37.1 Å². The Kier molecular flexibility index (Phi) is 5.96. The highest BCUT2D eigenvalue weighted by molar-refractivity contribution is 7.92. The summed E-state index contributed by atoms with van der Waals surface area (Å²) in [6.07, 6.45) is 0.586. The first kappa shape index (κ1) is 23.0. The number of benzene rings is 2. The lowest BCUT2D eigenvalue weighted by molar-refractivity contribution is 0.392. The van der Waals surface area contributed by atoms with Crippen LogP contribution in [-0.4, -0.2) is 27.7 Å². The number of anilines is 1. The van der Waals surface area contributed by atoms with Crippen molar-refractivity contribution in [1.29, 1.82) is 0 Å². The zero-order chi connectivity index (χ0) is 23.3. The maximum absolute atomic E-state index is 13.3. The number of aryl methyl sites for hydroxylation is 2. The minimum atomic E-state index is -3.80. The third-order valence-corrected chi connectivity index (χ3v) is 11.0. The third kappa shape index (κ3) is 4.10. The molecule has 170 valence electrons. The molecule has 0 unspecified atom stereocenters. The number of hydrogen-bond acceptors (Lipinski definition) is 5. The number of nitrogens with zero attached hydrogens (tertiary/aromatic N) is 1. The van der Waals surface area contributed by atoms with Crippen molar-refractivity contribution in [3.63, 3.8) is 0 Å². The lowest BCUT2D eigenvalue weighted by Gasteiger charge is -2.28. The summed E-state index contributed by atoms with van der Waals surface area (Å²) in [5, 5.41) is 1.74. The minimum absolute atomic E-state index is 0.215. The maximum atomic E-state index is 13.3. The van der Waals surface area contributed by atoms with E-state index in [2.05, 4.69) is 4.72 Å². The molecular formula is C23H26N2O4S3. The summed E-state index contributed by atoms with van der Waals surface area (Å²) in [6, 6.07) is 10.7. The number of rotatable bonds is 5. The van der Waals surface area contributed by atoms with Crippen LogP contribution in [0.1, 0.15) is 33.4 Å². The molecule has 2 heterocycles. The molecule has 0 bridgehead atoms. The van der Waals surface area contributed by atoms with Gasteiger partial charge in [0, 0.05) is 18.8 Å². The summed E-state index contributed by atoms with van der Waals surface area (Å²) in [7, 11) is -7.36. The Morgan fingerprint density at radius 3 is 2.22 bits per heavy atom. The molecule has 0 saturated carbocycles. The number of nitrogens with one attached hydrogen (secondary N) is 1. The molecule has 1 N–H and O–H groups in total. The second kappa shape index (κ2) is 8.30. The summed E-state index contributed by atoms with van der Waals surface area (Å²) in [6.45, 7) is 8.06. The maximum Gasteiger partial charge on any atom is 0.262 e. The Morgan fingerprint density at radius 1 is 0.906 bits per heavy atom. The summed E-state index contributed by atoms with van der Waals surface area (Å²) >= 11 is 1.20. The first-order valence-corrected chi connectivity index (χ1v) is 14.1. The van der Waals surface area contributed by atoms with E-state index < -0.39 is 20.0 Å². The molecule has 0 radical (unpaired) electrons. The summed E-state index contributed by atoms with van der Waals surface area (Å²) in [5.74, 6) is 0. The van der Waals surface area contributed by atoms with Crippen LogP contribution in [0, 0.1) is 27.7 Å². The second-order valence-electron chi connectivity index (χ2n) is 8.20. The van der Waals surface area contributed by atoms with Gasteiger partial charge in [-0.25, -0.2) is 16.8 Å². The smallest absolute Gasteiger partial charge is 0.262 e. The van der Waals surface area contributed by atoms with Crippen LogP contribution in [0.2, 0.25) is 0 Å². The molecule has 0 fully saturated rings. The first-order chi connectivity index (χ1) is 15.0. The Balaban J connectivity index is 1.65. The van der Waals surface area contributed by atoms with Crippen LogP contribution in [0.5, 0.6) is 0 Å². The predicted molar refractivity (Wildman–Crippen MR) is 128 cm³/mol. The first-order valence-electron chi connectivity index (χ1n) is 10.3. The number of sulfonamides is 2. The molecule has 32 heavy (non-hydrogen) atoms. The molecule has 0 spiro atoms. The summed E-state index contributed by atoms with van der Waals surface area (Å²) < 4.78 is 56.9. The second-order valence-corrected chi connectivity index (χ2v) is 12.9. The molecule has 2 aromatic carbocycles. The van der Waals surface area contributed by atoms with Crippen LogP contribution < -0.4 is 4.72 Å². The van der Waals surface area contributed by atoms with Gasteiger partial charge in [-0.05, 0) is 91.1 Å². The van der Waals surface area contributed by atoms with Gasteiger partial charge in [0.25, 0.3) is 20.0 Å². The lowest BCUT2D eigenvalue weighted by Crippen LogP contribution is -2.35. The molecule has 0 amide bonds. The van der Waals surface area contributed by atoms with Crippen LogP contribution in [-0.2, 0) is 33.0 Å². The Hall–Kier alpha value is -2.20. The van der Waals surface area contributed by atoms with E-state index in [1.165, 1.54) is 15.6 Å². The fourth-order valence-corrected chi connectivity index (χ4v) is 8.36. The molecule has 1 aliphatic rings. The van der Waals surface area contributed by atoms with Crippen LogP contribution in [0.4, 0.5) is 5.69 Å². The number of fused-ring (bicyclic) bond motifs is 1. The standard InChI is InChI=1S/C23H26N2O4S3/c1-15-12-16(2)18(4)23(17(15)3)31(26,27)24-21-8-7-19-9-10-25(14-20(19)13-21)32(28,29)22-6-5-11-30-22/h5-8,11-13,24H,9-10,14H2,1-4H3. The van der Waals surface area contributed by atoms with E-state index in [1.54, 1.807) is 29.6 Å². The van der Waals surface area contributed by atoms with E-state index in [1.807, 2.05) is 39.8 Å². The van der Waals surface area contributed by atoms with Crippen LogP contribution in [0.15, 0.2) is 50.9 Å². The normalized spacial score (nSPS) is 14.9. The van der Waals surface area contributed by atoms with Crippen LogP contribution in [0.3, 0.4) is 0 Å². The molecule has 1 aromatic heterocycles. The average Bonchev–Trinajstić information content (AvgIpc) is 3.27. The monoisotopic (exact) mass is 490 g/mol. The minimum Gasteiger partial charge on any atom is -0.280 e. The largest absolute Gasteiger partial charge is 0.280 e. The van der Waals surface area contributed by atoms with Crippen LogP contribution in [0.25, 0.3) is 0 Å². The van der Waals surface area contributed by atoms with Gasteiger partial charge in [-0.1, -0.05) is 18.2 Å². The van der Waals surface area contributed by atoms with Gasteiger partial charge in [-0.2, -0.15) is 4.31 Å². The fraction of sp³-hybridized carbons (Fsp3) is 0.304. The summed E-state index contributed by atoms with van der Waals surface area (Å²) in [4.78, 5) is 0.301. The van der Waals surface area contributed by atoms with Crippen molar-refractivity contribution in [2.24, 2.45) is 0 Å². The summed E-state index contributed by atoms with van der Waals surface area (Å²) in [5.41, 5.74) is 5.58.